The topological polar surface area (TPSA) is 75.7 Å². The van der Waals surface area contributed by atoms with Gasteiger partial charge < -0.3 is 10.1 Å². The number of nitrogens with zero attached hydrogens (tertiary/aromatic N) is 1. The lowest BCUT2D eigenvalue weighted by Gasteiger charge is -2.23. The Labute approximate surface area is 137 Å². The van der Waals surface area contributed by atoms with Gasteiger partial charge in [0, 0.05) is 5.56 Å². The monoisotopic (exact) mass is 340 g/mol. The zero-order valence-electron chi connectivity index (χ0n) is 13.8. The standard InChI is InChI=1S/C16H18F2N2O4/c1-15(2,3)24-12(21)8-20-13(22)16(4,19-14(20)23)10-7-9(17)5-6-11(10)18/h5-7H,8H2,1-4H3,(H,19,23). The van der Waals surface area contributed by atoms with Gasteiger partial charge in [-0.1, -0.05) is 0 Å². The lowest BCUT2D eigenvalue weighted by molar-refractivity contribution is -0.157. The molecule has 1 aliphatic rings. The Bertz CT molecular complexity index is 715. The van der Waals surface area contributed by atoms with Gasteiger partial charge in [-0.3, -0.25) is 14.5 Å². The molecule has 1 aromatic carbocycles. The van der Waals surface area contributed by atoms with Crippen LogP contribution in [0.2, 0.25) is 0 Å². The number of hydrogen-bond donors (Lipinski definition) is 1. The summed E-state index contributed by atoms with van der Waals surface area (Å²) in [6.45, 7) is 5.56. The zero-order chi connectivity index (χ0) is 18.3. The number of ether oxygens (including phenoxy) is 1. The molecule has 0 spiro atoms. The van der Waals surface area contributed by atoms with Gasteiger partial charge in [-0.15, -0.1) is 0 Å². The van der Waals surface area contributed by atoms with Crippen molar-refractivity contribution in [1.29, 1.82) is 0 Å². The van der Waals surface area contributed by atoms with Crippen LogP contribution in [-0.2, 0) is 19.9 Å². The van der Waals surface area contributed by atoms with E-state index in [0.717, 1.165) is 18.2 Å². The Kier molecular flexibility index (Phi) is 4.34. The molecule has 0 bridgehead atoms. The van der Waals surface area contributed by atoms with Crippen molar-refractivity contribution in [3.8, 4) is 0 Å². The molecule has 1 N–H and O–H groups in total. The second-order valence-electron chi connectivity index (χ2n) is 6.66. The lowest BCUT2D eigenvalue weighted by atomic mass is 9.91. The molecule has 8 heteroatoms. The maximum absolute atomic E-state index is 14.0. The largest absolute Gasteiger partial charge is 0.459 e. The predicted molar refractivity (Wildman–Crippen MR) is 79.8 cm³/mol. The quantitative estimate of drug-likeness (QED) is 0.675. The molecule has 1 aliphatic heterocycles. The molecule has 6 nitrogen and oxygen atoms in total. The molecule has 2 rings (SSSR count). The number of nitrogens with one attached hydrogen (secondary N) is 1. The van der Waals surface area contributed by atoms with Gasteiger partial charge in [-0.25, -0.2) is 13.6 Å². The minimum Gasteiger partial charge on any atom is -0.459 e. The number of rotatable bonds is 3. The van der Waals surface area contributed by atoms with Gasteiger partial charge in [0.15, 0.2) is 0 Å². The van der Waals surface area contributed by atoms with Crippen molar-refractivity contribution in [2.75, 3.05) is 6.54 Å². The third-order valence-electron chi connectivity index (χ3n) is 3.45. The molecule has 1 fully saturated rings. The van der Waals surface area contributed by atoms with Gasteiger partial charge in [-0.2, -0.15) is 0 Å². The second-order valence-corrected chi connectivity index (χ2v) is 6.66. The Morgan fingerprint density at radius 1 is 1.29 bits per heavy atom. The molecule has 3 amide bonds. The van der Waals surface area contributed by atoms with E-state index in [1.54, 1.807) is 20.8 Å². The van der Waals surface area contributed by atoms with Crippen LogP contribution in [-0.4, -0.2) is 35.0 Å². The molecule has 1 atom stereocenters. The molecule has 1 unspecified atom stereocenters. The molecule has 1 aromatic rings. The van der Waals surface area contributed by atoms with Crippen LogP contribution in [0.1, 0.15) is 33.3 Å². The van der Waals surface area contributed by atoms with Gasteiger partial charge in [0.25, 0.3) is 5.91 Å². The van der Waals surface area contributed by atoms with Crippen LogP contribution in [0.3, 0.4) is 0 Å². The highest BCUT2D eigenvalue weighted by atomic mass is 19.1. The maximum atomic E-state index is 14.0. The highest BCUT2D eigenvalue weighted by Gasteiger charge is 2.51. The van der Waals surface area contributed by atoms with Crippen molar-refractivity contribution < 1.29 is 27.9 Å². The van der Waals surface area contributed by atoms with E-state index in [1.165, 1.54) is 6.92 Å². The summed E-state index contributed by atoms with van der Waals surface area (Å²) in [6, 6.07) is 1.73. The molecule has 1 saturated heterocycles. The number of carbonyl (C=O) groups excluding carboxylic acids is 3. The number of imide groups is 1. The van der Waals surface area contributed by atoms with Crippen LogP contribution >= 0.6 is 0 Å². The minimum atomic E-state index is -1.80. The molecule has 130 valence electrons. The van der Waals surface area contributed by atoms with Crippen LogP contribution in [0.15, 0.2) is 18.2 Å². The molecular weight excluding hydrogens is 322 g/mol. The fraction of sp³-hybridized carbons (Fsp3) is 0.438. The molecular formula is C16H18F2N2O4. The number of carbonyl (C=O) groups is 3. The van der Waals surface area contributed by atoms with E-state index < -0.39 is 47.2 Å². The van der Waals surface area contributed by atoms with Gasteiger partial charge in [0.05, 0.1) is 0 Å². The molecule has 24 heavy (non-hydrogen) atoms. The molecule has 1 heterocycles. The van der Waals surface area contributed by atoms with Gasteiger partial charge in [0.2, 0.25) is 0 Å². The number of urea groups is 1. The zero-order valence-corrected chi connectivity index (χ0v) is 13.8. The Hall–Kier alpha value is -2.51. The molecule has 0 saturated carbocycles. The van der Waals surface area contributed by atoms with E-state index in [2.05, 4.69) is 5.32 Å². The second kappa shape index (κ2) is 5.85. The van der Waals surface area contributed by atoms with Crippen LogP contribution in [0.25, 0.3) is 0 Å². The van der Waals surface area contributed by atoms with Crippen molar-refractivity contribution >= 4 is 17.9 Å². The highest BCUT2D eigenvalue weighted by Crippen LogP contribution is 2.31. The Balaban J connectivity index is 2.28. The van der Waals surface area contributed by atoms with Crippen molar-refractivity contribution in [3.05, 3.63) is 35.4 Å². The van der Waals surface area contributed by atoms with E-state index in [-0.39, 0.29) is 5.56 Å². The van der Waals surface area contributed by atoms with Crippen molar-refractivity contribution in [1.82, 2.24) is 10.2 Å². The molecule has 0 aliphatic carbocycles. The highest BCUT2D eigenvalue weighted by molar-refractivity contribution is 6.08. The first kappa shape index (κ1) is 17.8. The normalized spacial score (nSPS) is 21.0. The van der Waals surface area contributed by atoms with E-state index in [9.17, 15) is 23.2 Å². The predicted octanol–water partition coefficient (Wildman–Crippen LogP) is 2.07. The van der Waals surface area contributed by atoms with Crippen molar-refractivity contribution in [3.63, 3.8) is 0 Å². The lowest BCUT2D eigenvalue weighted by Crippen LogP contribution is -2.43. The van der Waals surface area contributed by atoms with Crippen LogP contribution in [0, 0.1) is 11.6 Å². The maximum Gasteiger partial charge on any atom is 0.326 e. The summed E-state index contributed by atoms with van der Waals surface area (Å²) in [7, 11) is 0. The fourth-order valence-electron chi connectivity index (χ4n) is 2.41. The first-order valence-electron chi connectivity index (χ1n) is 7.25. The third-order valence-corrected chi connectivity index (χ3v) is 3.45. The summed E-state index contributed by atoms with van der Waals surface area (Å²) in [5, 5.41) is 2.31. The van der Waals surface area contributed by atoms with E-state index in [1.807, 2.05) is 0 Å². The number of hydrogen-bond acceptors (Lipinski definition) is 4. The summed E-state index contributed by atoms with van der Waals surface area (Å²) in [5.74, 6) is -3.23. The van der Waals surface area contributed by atoms with Crippen LogP contribution in [0.5, 0.6) is 0 Å². The van der Waals surface area contributed by atoms with Crippen LogP contribution in [0.4, 0.5) is 13.6 Å². The summed E-state index contributed by atoms with van der Waals surface area (Å²) >= 11 is 0. The van der Waals surface area contributed by atoms with E-state index >= 15 is 0 Å². The minimum absolute atomic E-state index is 0.312. The number of amides is 3. The SMILES string of the molecule is CC(C)(C)OC(=O)CN1C(=O)NC(C)(c2cc(F)ccc2F)C1=O. The van der Waals surface area contributed by atoms with Gasteiger partial charge in [-0.05, 0) is 45.9 Å². The first-order valence-corrected chi connectivity index (χ1v) is 7.25. The Morgan fingerprint density at radius 3 is 2.50 bits per heavy atom. The molecule has 0 aromatic heterocycles. The summed E-state index contributed by atoms with van der Waals surface area (Å²) in [5.41, 5.74) is -2.90. The van der Waals surface area contributed by atoms with Crippen LogP contribution < -0.4 is 5.32 Å². The van der Waals surface area contributed by atoms with Gasteiger partial charge in [0.1, 0.15) is 29.3 Å². The number of esters is 1. The fourth-order valence-corrected chi connectivity index (χ4v) is 2.41. The summed E-state index contributed by atoms with van der Waals surface area (Å²) in [6.07, 6.45) is 0. The first-order chi connectivity index (χ1) is 10.9. The van der Waals surface area contributed by atoms with E-state index in [4.69, 9.17) is 4.74 Å². The van der Waals surface area contributed by atoms with E-state index in [0.29, 0.717) is 4.90 Å². The van der Waals surface area contributed by atoms with Gasteiger partial charge >= 0.3 is 12.0 Å². The third kappa shape index (κ3) is 3.37. The van der Waals surface area contributed by atoms with Crippen molar-refractivity contribution in [2.45, 2.75) is 38.8 Å². The average Bonchev–Trinajstić information content (AvgIpc) is 2.64. The Morgan fingerprint density at radius 2 is 1.92 bits per heavy atom. The van der Waals surface area contributed by atoms with Crippen molar-refractivity contribution in [2.24, 2.45) is 0 Å². The summed E-state index contributed by atoms with van der Waals surface area (Å²) in [4.78, 5) is 37.1. The number of halogens is 2. The smallest absolute Gasteiger partial charge is 0.326 e. The number of benzene rings is 1. The molecule has 0 radical (unpaired) electrons. The summed E-state index contributed by atoms with van der Waals surface area (Å²) < 4.78 is 32.5. The average molecular weight is 340 g/mol.